The zero-order valence-corrected chi connectivity index (χ0v) is 37.1. The lowest BCUT2D eigenvalue weighted by atomic mass is 9.92. The Kier molecular flexibility index (Phi) is 18.7. The van der Waals surface area contributed by atoms with E-state index in [2.05, 4.69) is 0 Å². The highest BCUT2D eigenvalue weighted by Crippen LogP contribution is 2.47. The highest BCUT2D eigenvalue weighted by atomic mass is 19.1. The molecule has 0 unspecified atom stereocenters. The predicted octanol–water partition coefficient (Wildman–Crippen LogP) is 7.96. The Hall–Kier alpha value is -6.46. The van der Waals surface area contributed by atoms with Crippen LogP contribution in [0.5, 0.6) is 5.75 Å². The lowest BCUT2D eigenvalue weighted by Gasteiger charge is -2.17. The molecule has 354 valence electrons. The van der Waals surface area contributed by atoms with E-state index in [-0.39, 0.29) is 36.1 Å². The number of aliphatic carboxylic acids is 2. The van der Waals surface area contributed by atoms with E-state index in [9.17, 15) is 43.9 Å². The number of benzene rings is 4. The summed E-state index contributed by atoms with van der Waals surface area (Å²) in [6, 6.07) is 25.3. The molecule has 8 rings (SSSR count). The van der Waals surface area contributed by atoms with Crippen LogP contribution in [0, 0.1) is 11.6 Å². The monoisotopic (exact) mass is 922 g/mol. The van der Waals surface area contributed by atoms with Crippen LogP contribution < -0.4 is 0 Å². The van der Waals surface area contributed by atoms with Gasteiger partial charge in [0.2, 0.25) is 0 Å². The van der Waals surface area contributed by atoms with E-state index in [4.69, 9.17) is 30.4 Å². The van der Waals surface area contributed by atoms with E-state index < -0.39 is 49.2 Å². The first-order chi connectivity index (χ1) is 32.2. The fourth-order valence-corrected chi connectivity index (χ4v) is 7.78. The van der Waals surface area contributed by atoms with Gasteiger partial charge in [0.1, 0.15) is 22.9 Å². The van der Waals surface area contributed by atoms with Gasteiger partial charge in [0.05, 0.1) is 54.2 Å². The van der Waals surface area contributed by atoms with Gasteiger partial charge in [-0.1, -0.05) is 78.9 Å². The second-order valence-electron chi connectivity index (χ2n) is 16.2. The van der Waals surface area contributed by atoms with Crippen LogP contribution in [-0.2, 0) is 9.59 Å². The van der Waals surface area contributed by atoms with Crippen LogP contribution in [-0.4, -0.2) is 107 Å². The number of para-hydroxylation sites is 2. The molecular weight excluding hydrogens is 867 g/mol. The standard InChI is InChI=1S/C25H24FNO5.C25H24FNO4.2CH4O/c26-16-8-6-14(7-9-16)23-19-2-1-3-21(30)25(19)27-24(15-4-5-15)20(23)11-10-17(28)12-18(29)13-22(31)32;26-17-9-7-15(8-10-17)24-20-3-1-2-4-22(20)27-25(16-5-6-16)21(24)12-11-18(28)13-19(29)14-23(30)31;2*1-2/h1-3,6-11,15,17-18,28-30H,4-5,12-13H2,(H,31,32);1-4,7-12,16,18-19,28-29H,5-6,13-14H2,(H,30,31);2*2H,1H3/b11-10+;12-11+;;/t17-,18-;18-,19-;;/m11../s1. The summed E-state index contributed by atoms with van der Waals surface area (Å²) in [7, 11) is 2.00. The lowest BCUT2D eigenvalue weighted by molar-refractivity contribution is -0.140. The van der Waals surface area contributed by atoms with E-state index in [1.54, 1.807) is 54.6 Å². The number of aliphatic hydroxyl groups excluding tert-OH is 6. The Balaban J connectivity index is 0.000000234. The number of aromatic hydroxyl groups is 1. The van der Waals surface area contributed by atoms with Crippen LogP contribution in [0.4, 0.5) is 8.78 Å². The van der Waals surface area contributed by atoms with Crippen molar-refractivity contribution in [3.63, 3.8) is 0 Å². The van der Waals surface area contributed by atoms with Gasteiger partial charge in [-0.3, -0.25) is 14.6 Å². The summed E-state index contributed by atoms with van der Waals surface area (Å²) in [6.07, 6.45) is 5.15. The normalized spacial score (nSPS) is 15.1. The second kappa shape index (κ2) is 24.3. The van der Waals surface area contributed by atoms with Gasteiger partial charge < -0.3 is 46.0 Å². The number of carbonyl (C=O) groups is 2. The molecule has 2 aliphatic carbocycles. The Labute approximate surface area is 386 Å². The van der Waals surface area contributed by atoms with Gasteiger partial charge in [0, 0.05) is 71.9 Å². The van der Waals surface area contributed by atoms with Crippen molar-refractivity contribution >= 4 is 45.9 Å². The first kappa shape index (κ1) is 51.5. The van der Waals surface area contributed by atoms with Crippen molar-refractivity contribution in [3.8, 4) is 28.0 Å². The minimum Gasteiger partial charge on any atom is -0.506 e. The molecule has 6 aromatic rings. The average Bonchev–Trinajstić information content (AvgIpc) is 4.24. The largest absolute Gasteiger partial charge is 0.506 e. The smallest absolute Gasteiger partial charge is 0.305 e. The number of carboxylic acid groups (broad SMARTS) is 2. The van der Waals surface area contributed by atoms with Crippen LogP contribution in [0.2, 0.25) is 0 Å². The van der Waals surface area contributed by atoms with Crippen LogP contribution >= 0.6 is 0 Å². The van der Waals surface area contributed by atoms with E-state index in [0.29, 0.717) is 16.8 Å². The molecule has 0 bridgehead atoms. The van der Waals surface area contributed by atoms with E-state index in [1.165, 1.54) is 30.3 Å². The van der Waals surface area contributed by atoms with Crippen molar-refractivity contribution in [2.45, 2.75) is 87.6 Å². The molecule has 0 radical (unpaired) electrons. The highest BCUT2D eigenvalue weighted by molar-refractivity contribution is 6.02. The minimum atomic E-state index is -1.17. The third-order valence-corrected chi connectivity index (χ3v) is 11.0. The summed E-state index contributed by atoms with van der Waals surface area (Å²) in [6.45, 7) is 0. The second-order valence-corrected chi connectivity index (χ2v) is 16.2. The van der Waals surface area contributed by atoms with Gasteiger partial charge in [-0.05, 0) is 73.2 Å². The van der Waals surface area contributed by atoms with Crippen LogP contribution in [0.15, 0.2) is 103 Å². The number of halogens is 2. The average molecular weight is 923 g/mol. The van der Waals surface area contributed by atoms with E-state index >= 15 is 0 Å². The molecule has 67 heavy (non-hydrogen) atoms. The van der Waals surface area contributed by atoms with Gasteiger partial charge in [-0.15, -0.1) is 0 Å². The quantitative estimate of drug-likeness (QED) is 0.0448. The van der Waals surface area contributed by atoms with Gasteiger partial charge in [-0.2, -0.15) is 0 Å². The molecule has 2 fully saturated rings. The third-order valence-electron chi connectivity index (χ3n) is 11.0. The Morgan fingerprint density at radius 2 is 1.01 bits per heavy atom. The first-order valence-corrected chi connectivity index (χ1v) is 21.8. The van der Waals surface area contributed by atoms with Crippen LogP contribution in [0.25, 0.3) is 56.2 Å². The molecule has 2 aliphatic rings. The third kappa shape index (κ3) is 14.0. The van der Waals surface area contributed by atoms with Gasteiger partial charge in [0.15, 0.2) is 0 Å². The van der Waals surface area contributed by atoms with Gasteiger partial charge >= 0.3 is 11.9 Å². The number of phenolic OH excluding ortho intramolecular Hbond substituents is 1. The van der Waals surface area contributed by atoms with Crippen molar-refractivity contribution < 1.29 is 64.3 Å². The van der Waals surface area contributed by atoms with Crippen LogP contribution in [0.1, 0.15) is 85.7 Å². The summed E-state index contributed by atoms with van der Waals surface area (Å²) in [5, 5.41) is 84.0. The van der Waals surface area contributed by atoms with Crippen LogP contribution in [0.3, 0.4) is 0 Å². The summed E-state index contributed by atoms with van der Waals surface area (Å²) in [5.41, 5.74) is 7.93. The number of aromatic nitrogens is 2. The molecule has 13 nitrogen and oxygen atoms in total. The van der Waals surface area contributed by atoms with Crippen molar-refractivity contribution in [1.82, 2.24) is 9.97 Å². The summed E-state index contributed by atoms with van der Waals surface area (Å²) >= 11 is 0. The molecule has 0 amide bonds. The van der Waals surface area contributed by atoms with E-state index in [1.807, 2.05) is 30.3 Å². The molecule has 0 spiro atoms. The summed E-state index contributed by atoms with van der Waals surface area (Å²) in [4.78, 5) is 31.1. The summed E-state index contributed by atoms with van der Waals surface area (Å²) < 4.78 is 27.2. The number of phenols is 1. The number of hydrogen-bond acceptors (Lipinski definition) is 11. The molecule has 4 atom stereocenters. The predicted molar refractivity (Wildman–Crippen MR) is 252 cm³/mol. The number of nitrogens with zero attached hydrogens (tertiary/aromatic N) is 2. The molecular formula is C52H56F2N2O11. The molecule has 15 heteroatoms. The number of carboxylic acids is 2. The Morgan fingerprint density at radius 1 is 0.597 bits per heavy atom. The number of hydrogen-bond donors (Lipinski definition) is 9. The number of fused-ring (bicyclic) bond motifs is 2. The fourth-order valence-electron chi connectivity index (χ4n) is 7.78. The van der Waals surface area contributed by atoms with Crippen molar-refractivity contribution in [1.29, 1.82) is 0 Å². The SMILES string of the molecule is CO.CO.O=C(O)C[C@H](O)C[C@H](O)/C=C/c1c(C2CC2)nc2c(O)cccc2c1-c1ccc(F)cc1.O=C(O)C[C@H](O)C[C@H](O)/C=C/c1c(C2CC2)nc2ccccc2c1-c1ccc(F)cc1. The van der Waals surface area contributed by atoms with Crippen molar-refractivity contribution in [2.75, 3.05) is 14.2 Å². The first-order valence-electron chi connectivity index (χ1n) is 21.8. The molecule has 4 aromatic carbocycles. The lowest BCUT2D eigenvalue weighted by Crippen LogP contribution is -2.19. The number of aliphatic hydroxyl groups is 6. The highest BCUT2D eigenvalue weighted by Gasteiger charge is 2.31. The molecule has 2 aromatic heterocycles. The fraction of sp³-hybridized carbons (Fsp3) is 0.308. The Morgan fingerprint density at radius 3 is 1.46 bits per heavy atom. The molecule has 2 heterocycles. The minimum absolute atomic E-state index is 0.0557. The zero-order chi connectivity index (χ0) is 48.8. The molecule has 0 aliphatic heterocycles. The Bertz CT molecular complexity index is 2670. The maximum absolute atomic E-state index is 13.6. The van der Waals surface area contributed by atoms with E-state index in [0.717, 1.165) is 95.6 Å². The molecule has 2 saturated carbocycles. The topological polar surface area (TPSA) is 242 Å². The maximum atomic E-state index is 13.6. The van der Waals surface area contributed by atoms with Crippen molar-refractivity contribution in [3.05, 3.63) is 137 Å². The number of rotatable bonds is 16. The maximum Gasteiger partial charge on any atom is 0.305 e. The zero-order valence-electron chi connectivity index (χ0n) is 37.1. The molecule has 0 saturated heterocycles. The molecule has 9 N–H and O–H groups in total. The van der Waals surface area contributed by atoms with Gasteiger partial charge in [0.25, 0.3) is 0 Å². The summed E-state index contributed by atoms with van der Waals surface area (Å²) in [5.74, 6) is -2.33. The van der Waals surface area contributed by atoms with Crippen molar-refractivity contribution in [2.24, 2.45) is 0 Å². The number of pyridine rings is 2. The van der Waals surface area contributed by atoms with Gasteiger partial charge in [-0.25, -0.2) is 13.8 Å².